The molecule has 3 rings (SSSR count). The summed E-state index contributed by atoms with van der Waals surface area (Å²) in [5.74, 6) is -1.13. The van der Waals surface area contributed by atoms with Crippen LogP contribution in [0.3, 0.4) is 0 Å². The SMILES string of the molecule is CC(=S)NC[C@H]1CN(c2ccc(NC(=O)c3cccnc3)c(F)c2)C(=O)O1. The van der Waals surface area contributed by atoms with E-state index in [4.69, 9.17) is 17.0 Å². The van der Waals surface area contributed by atoms with E-state index in [0.29, 0.717) is 22.8 Å². The van der Waals surface area contributed by atoms with Crippen molar-refractivity contribution in [3.63, 3.8) is 0 Å². The van der Waals surface area contributed by atoms with E-state index in [1.165, 1.54) is 29.4 Å². The predicted octanol–water partition coefficient (Wildman–Crippen LogP) is 2.74. The van der Waals surface area contributed by atoms with Crippen LogP contribution in [0.1, 0.15) is 17.3 Å². The molecule has 7 nitrogen and oxygen atoms in total. The Balaban J connectivity index is 1.68. The molecule has 9 heteroatoms. The van der Waals surface area contributed by atoms with Crippen LogP contribution in [0.15, 0.2) is 42.7 Å². The van der Waals surface area contributed by atoms with Crippen LogP contribution >= 0.6 is 12.2 Å². The summed E-state index contributed by atoms with van der Waals surface area (Å²) in [5, 5.41) is 5.42. The lowest BCUT2D eigenvalue weighted by Gasteiger charge is -2.15. The lowest BCUT2D eigenvalue weighted by Crippen LogP contribution is -2.32. The molecule has 27 heavy (non-hydrogen) atoms. The first-order chi connectivity index (χ1) is 12.9. The molecule has 140 valence electrons. The maximum Gasteiger partial charge on any atom is 0.414 e. The molecule has 0 unspecified atom stereocenters. The highest BCUT2D eigenvalue weighted by atomic mass is 32.1. The Kier molecular flexibility index (Phi) is 5.60. The van der Waals surface area contributed by atoms with E-state index in [1.54, 1.807) is 25.1 Å². The number of aromatic nitrogens is 1. The number of ether oxygens (including phenoxy) is 1. The van der Waals surface area contributed by atoms with Gasteiger partial charge in [-0.1, -0.05) is 12.2 Å². The van der Waals surface area contributed by atoms with Gasteiger partial charge in [0.05, 0.1) is 35.0 Å². The van der Waals surface area contributed by atoms with Gasteiger partial charge in [0.25, 0.3) is 5.91 Å². The fourth-order valence-corrected chi connectivity index (χ4v) is 2.64. The van der Waals surface area contributed by atoms with Gasteiger partial charge in [-0.15, -0.1) is 0 Å². The van der Waals surface area contributed by atoms with Gasteiger partial charge >= 0.3 is 6.09 Å². The van der Waals surface area contributed by atoms with E-state index >= 15 is 0 Å². The average molecular weight is 388 g/mol. The molecule has 1 aliphatic rings. The minimum Gasteiger partial charge on any atom is -0.442 e. The molecule has 1 aromatic carbocycles. The number of halogens is 1. The number of hydrogen-bond acceptors (Lipinski definition) is 5. The second-order valence-electron chi connectivity index (χ2n) is 5.91. The molecule has 0 spiro atoms. The fourth-order valence-electron chi connectivity index (χ4n) is 2.56. The molecule has 0 aliphatic carbocycles. The van der Waals surface area contributed by atoms with Crippen molar-refractivity contribution >= 4 is 40.6 Å². The second kappa shape index (κ2) is 8.09. The van der Waals surface area contributed by atoms with Crippen molar-refractivity contribution < 1.29 is 18.7 Å². The highest BCUT2D eigenvalue weighted by Crippen LogP contribution is 2.26. The van der Waals surface area contributed by atoms with Crippen molar-refractivity contribution in [3.8, 4) is 0 Å². The van der Waals surface area contributed by atoms with Crippen molar-refractivity contribution in [2.45, 2.75) is 13.0 Å². The van der Waals surface area contributed by atoms with Gasteiger partial charge in [0.1, 0.15) is 11.9 Å². The molecule has 0 radical (unpaired) electrons. The van der Waals surface area contributed by atoms with Crippen LogP contribution in [0.5, 0.6) is 0 Å². The monoisotopic (exact) mass is 388 g/mol. The quantitative estimate of drug-likeness (QED) is 0.767. The third-order valence-corrected chi connectivity index (χ3v) is 4.03. The molecule has 1 aliphatic heterocycles. The highest BCUT2D eigenvalue weighted by molar-refractivity contribution is 7.80. The Bertz CT molecular complexity index is 878. The van der Waals surface area contributed by atoms with Crippen molar-refractivity contribution in [3.05, 3.63) is 54.1 Å². The molecule has 0 bridgehead atoms. The summed E-state index contributed by atoms with van der Waals surface area (Å²) in [6.07, 6.45) is 1.98. The molecule has 0 saturated carbocycles. The normalized spacial score (nSPS) is 16.0. The summed E-state index contributed by atoms with van der Waals surface area (Å²) in [4.78, 5) is 29.9. The van der Waals surface area contributed by atoms with Gasteiger partial charge in [0.15, 0.2) is 0 Å². The van der Waals surface area contributed by atoms with Gasteiger partial charge < -0.3 is 15.4 Å². The molecule has 1 atom stereocenters. The maximum absolute atomic E-state index is 14.4. The van der Waals surface area contributed by atoms with Crippen molar-refractivity contribution in [1.82, 2.24) is 10.3 Å². The molecule has 2 amide bonds. The topological polar surface area (TPSA) is 83.6 Å². The van der Waals surface area contributed by atoms with Gasteiger partial charge in [-0.3, -0.25) is 14.7 Å². The molecule has 2 aromatic rings. The smallest absolute Gasteiger partial charge is 0.414 e. The molecule has 1 aromatic heterocycles. The lowest BCUT2D eigenvalue weighted by atomic mass is 10.2. The van der Waals surface area contributed by atoms with Gasteiger partial charge in [-0.25, -0.2) is 9.18 Å². The molecule has 1 fully saturated rings. The van der Waals surface area contributed by atoms with E-state index < -0.39 is 17.8 Å². The van der Waals surface area contributed by atoms with Crippen LogP contribution < -0.4 is 15.5 Å². The number of pyridine rings is 1. The largest absolute Gasteiger partial charge is 0.442 e. The minimum absolute atomic E-state index is 0.00900. The standard InChI is InChI=1S/C18H17FN4O3S/c1-11(27)21-9-14-10-23(18(25)26-14)13-4-5-16(15(19)7-13)22-17(24)12-3-2-6-20-8-12/h2-8,14H,9-10H2,1H3,(H,21,27)(H,22,24)/t14-/m0/s1. The molecule has 2 N–H and O–H groups in total. The van der Waals surface area contributed by atoms with Crippen LogP contribution in [0.4, 0.5) is 20.6 Å². The van der Waals surface area contributed by atoms with Gasteiger partial charge in [0, 0.05) is 12.4 Å². The number of benzene rings is 1. The first kappa shape index (κ1) is 18.7. The first-order valence-electron chi connectivity index (χ1n) is 8.17. The Morgan fingerprint density at radius 3 is 2.93 bits per heavy atom. The van der Waals surface area contributed by atoms with E-state index in [1.807, 2.05) is 0 Å². The van der Waals surface area contributed by atoms with Crippen LogP contribution in [0.25, 0.3) is 0 Å². The lowest BCUT2D eigenvalue weighted by molar-refractivity contribution is 0.102. The summed E-state index contributed by atoms with van der Waals surface area (Å²) in [5.41, 5.74) is 0.668. The number of hydrogen-bond donors (Lipinski definition) is 2. The number of nitrogens with one attached hydrogen (secondary N) is 2. The number of nitrogens with zero attached hydrogens (tertiary/aromatic N) is 2. The van der Waals surface area contributed by atoms with E-state index in [0.717, 1.165) is 0 Å². The Labute approximate surface area is 160 Å². The van der Waals surface area contributed by atoms with Crippen LogP contribution in [0.2, 0.25) is 0 Å². The molecule has 2 heterocycles. The average Bonchev–Trinajstić information content (AvgIpc) is 3.03. The summed E-state index contributed by atoms with van der Waals surface area (Å²) in [6, 6.07) is 7.32. The number of thiocarbonyl (C=S) groups is 1. The Hall–Kier alpha value is -3.07. The van der Waals surface area contributed by atoms with Crippen LogP contribution in [-0.2, 0) is 4.74 Å². The zero-order chi connectivity index (χ0) is 19.4. The number of carbonyl (C=O) groups excluding carboxylic acids is 2. The molecular formula is C18H17FN4O3S. The van der Waals surface area contributed by atoms with E-state index in [2.05, 4.69) is 15.6 Å². The zero-order valence-corrected chi connectivity index (χ0v) is 15.3. The van der Waals surface area contributed by atoms with Gasteiger partial charge in [0.2, 0.25) is 0 Å². The summed E-state index contributed by atoms with van der Waals surface area (Å²) >= 11 is 4.93. The highest BCUT2D eigenvalue weighted by Gasteiger charge is 2.32. The third kappa shape index (κ3) is 4.56. The number of carbonyl (C=O) groups is 2. The van der Waals surface area contributed by atoms with Crippen molar-refractivity contribution in [1.29, 1.82) is 0 Å². The summed E-state index contributed by atoms with van der Waals surface area (Å²) < 4.78 is 19.7. The zero-order valence-electron chi connectivity index (χ0n) is 14.4. The van der Waals surface area contributed by atoms with Gasteiger partial charge in [-0.05, 0) is 37.3 Å². The van der Waals surface area contributed by atoms with E-state index in [-0.39, 0.29) is 18.3 Å². The first-order valence-corrected chi connectivity index (χ1v) is 8.58. The third-order valence-electron chi connectivity index (χ3n) is 3.89. The Morgan fingerprint density at radius 2 is 2.26 bits per heavy atom. The summed E-state index contributed by atoms with van der Waals surface area (Å²) in [6.45, 7) is 2.40. The molecule has 1 saturated heterocycles. The second-order valence-corrected chi connectivity index (χ2v) is 6.53. The fraction of sp³-hybridized carbons (Fsp3) is 0.222. The van der Waals surface area contributed by atoms with Gasteiger partial charge in [-0.2, -0.15) is 0 Å². The number of cyclic esters (lactones) is 1. The Morgan fingerprint density at radius 1 is 1.44 bits per heavy atom. The number of amides is 2. The molecular weight excluding hydrogens is 371 g/mol. The number of anilines is 2. The van der Waals surface area contributed by atoms with E-state index in [9.17, 15) is 14.0 Å². The minimum atomic E-state index is -0.658. The van der Waals surface area contributed by atoms with Crippen LogP contribution in [-0.4, -0.2) is 41.2 Å². The van der Waals surface area contributed by atoms with Crippen molar-refractivity contribution in [2.75, 3.05) is 23.3 Å². The van der Waals surface area contributed by atoms with Crippen molar-refractivity contribution in [2.24, 2.45) is 0 Å². The predicted molar refractivity (Wildman–Crippen MR) is 102 cm³/mol. The van der Waals surface area contributed by atoms with Crippen LogP contribution in [0, 0.1) is 5.82 Å². The maximum atomic E-state index is 14.4. The number of rotatable bonds is 5. The summed E-state index contributed by atoms with van der Waals surface area (Å²) in [7, 11) is 0.